The van der Waals surface area contributed by atoms with Crippen LogP contribution in [0.1, 0.15) is 31.2 Å². The Hall–Kier alpha value is -1.90. The van der Waals surface area contributed by atoms with Crippen molar-refractivity contribution >= 4 is 67.2 Å². The lowest BCUT2D eigenvalue weighted by Gasteiger charge is -2.20. The Kier molecular flexibility index (Phi) is 10.1. The van der Waals surface area contributed by atoms with E-state index in [1.54, 1.807) is 23.1 Å². The Morgan fingerprint density at radius 1 is 1.16 bits per heavy atom. The van der Waals surface area contributed by atoms with Gasteiger partial charge >= 0.3 is 0 Å². The maximum Gasteiger partial charge on any atom is 0.264 e. The number of rotatable bonds is 13. The maximum atomic E-state index is 11.3. The van der Waals surface area contributed by atoms with Crippen LogP contribution in [0.2, 0.25) is 0 Å². The van der Waals surface area contributed by atoms with E-state index in [9.17, 15) is 13.0 Å². The summed E-state index contributed by atoms with van der Waals surface area (Å²) in [5.41, 5.74) is 3.37. The summed E-state index contributed by atoms with van der Waals surface area (Å²) in [6.45, 7) is 3.40. The van der Waals surface area contributed by atoms with Crippen molar-refractivity contribution in [3.63, 3.8) is 0 Å². The molecule has 2 N–H and O–H groups in total. The lowest BCUT2D eigenvalue weighted by Crippen LogP contribution is -2.35. The van der Waals surface area contributed by atoms with E-state index in [4.69, 9.17) is 5.26 Å². The van der Waals surface area contributed by atoms with Gasteiger partial charge in [-0.15, -0.1) is 4.33 Å². The molecule has 0 bridgehead atoms. The first kappa shape index (κ1) is 28.1. The monoisotopic (exact) mass is 581 g/mol. The molecular formula is C25H29N2O6S4+. The quantitative estimate of drug-likeness (QED) is 0.0613. The zero-order valence-corrected chi connectivity index (χ0v) is 23.5. The molecule has 8 nitrogen and oxygen atoms in total. The molecule has 0 saturated heterocycles. The largest absolute Gasteiger partial charge is 0.335 e. The van der Waals surface area contributed by atoms with Crippen LogP contribution in [0, 0.1) is 0 Å². The van der Waals surface area contributed by atoms with Crippen LogP contribution in [0.4, 0.5) is 5.69 Å². The van der Waals surface area contributed by atoms with E-state index in [2.05, 4.69) is 56.1 Å². The molecule has 0 saturated carbocycles. The van der Waals surface area contributed by atoms with Crippen molar-refractivity contribution < 1.29 is 32.2 Å². The minimum Gasteiger partial charge on any atom is -0.335 e. The van der Waals surface area contributed by atoms with Gasteiger partial charge in [0.25, 0.3) is 15.1 Å². The van der Waals surface area contributed by atoms with Gasteiger partial charge < -0.3 is 4.90 Å². The first-order valence-electron chi connectivity index (χ1n) is 11.8. The number of aryl methyl sites for hydroxylation is 1. The predicted octanol–water partition coefficient (Wildman–Crippen LogP) is 6.17. The van der Waals surface area contributed by atoms with Crippen molar-refractivity contribution in [2.24, 2.45) is 0 Å². The summed E-state index contributed by atoms with van der Waals surface area (Å²) in [5.74, 6) is 0.397. The zero-order valence-electron chi connectivity index (χ0n) is 20.3. The molecule has 0 atom stereocenters. The highest BCUT2D eigenvalue weighted by Crippen LogP contribution is 2.46. The van der Waals surface area contributed by atoms with Crippen molar-refractivity contribution in [2.75, 3.05) is 23.0 Å². The lowest BCUT2D eigenvalue weighted by atomic mass is 10.2. The fourth-order valence-electron chi connectivity index (χ4n) is 4.09. The number of para-hydroxylation sites is 2. The number of fused-ring (bicyclic) bond motifs is 2. The summed E-state index contributed by atoms with van der Waals surface area (Å²) < 4.78 is 39.7. The smallest absolute Gasteiger partial charge is 0.264 e. The third-order valence-electron chi connectivity index (χ3n) is 5.77. The first-order valence-corrected chi connectivity index (χ1v) is 16.0. The van der Waals surface area contributed by atoms with E-state index < -0.39 is 10.1 Å². The van der Waals surface area contributed by atoms with Crippen LogP contribution in [-0.2, 0) is 26.0 Å². The molecule has 0 fully saturated rings. The Labute approximate surface area is 229 Å². The topological polar surface area (TPSA) is 100 Å². The molecule has 3 aromatic rings. The summed E-state index contributed by atoms with van der Waals surface area (Å²) >= 11 is 4.47. The van der Waals surface area contributed by atoms with E-state index in [-0.39, 0.29) is 5.75 Å². The van der Waals surface area contributed by atoms with E-state index in [1.165, 1.54) is 10.2 Å². The van der Waals surface area contributed by atoms with Gasteiger partial charge in [-0.1, -0.05) is 59.3 Å². The second kappa shape index (κ2) is 13.3. The molecule has 0 spiro atoms. The van der Waals surface area contributed by atoms with Crippen LogP contribution in [0.15, 0.2) is 70.1 Å². The van der Waals surface area contributed by atoms with E-state index >= 15 is 0 Å². The van der Waals surface area contributed by atoms with Crippen LogP contribution in [-0.4, -0.2) is 36.3 Å². The summed E-state index contributed by atoms with van der Waals surface area (Å²) in [6.07, 6.45) is 6.38. The van der Waals surface area contributed by atoms with Gasteiger partial charge in [0.05, 0.1) is 16.5 Å². The zero-order chi connectivity index (χ0) is 26.3. The molecule has 0 unspecified atom stereocenters. The molecule has 12 heteroatoms. The van der Waals surface area contributed by atoms with Crippen LogP contribution < -0.4 is 9.47 Å². The molecule has 1 aliphatic rings. The summed E-state index contributed by atoms with van der Waals surface area (Å²) in [6, 6.07) is 16.4. The maximum absolute atomic E-state index is 11.3. The van der Waals surface area contributed by atoms with E-state index in [0.29, 0.717) is 18.7 Å². The third kappa shape index (κ3) is 7.58. The Balaban J connectivity index is 1.62. The molecule has 0 radical (unpaired) electrons. The van der Waals surface area contributed by atoms with Gasteiger partial charge in [-0.25, -0.2) is 5.26 Å². The minimum atomic E-state index is -4.00. The fourth-order valence-corrected chi connectivity index (χ4v) is 7.27. The van der Waals surface area contributed by atoms with Crippen LogP contribution >= 0.6 is 35.1 Å². The standard InChI is InChI=1S/C25H28N2O6S4/c1-2-19(17-24-26(13-7-15-34-33-32-28)20-9-3-5-11-22(20)35-24)18-25-27(14-8-16-37(29,30)31)21-10-4-6-12-23(21)36-25/h3-6,9-12,17-18H,2,7-8,13-16H2,1H3,(H-,28,29,30,31)/p+1. The first-order chi connectivity index (χ1) is 17.9. The van der Waals surface area contributed by atoms with Gasteiger partial charge in [0.1, 0.15) is 4.70 Å². The number of thiazole rings is 1. The van der Waals surface area contributed by atoms with Gasteiger partial charge in [-0.2, -0.15) is 13.0 Å². The number of hydrogen-bond acceptors (Lipinski definition) is 9. The van der Waals surface area contributed by atoms with Crippen molar-refractivity contribution in [3.05, 3.63) is 70.2 Å². The highest BCUT2D eigenvalue weighted by Gasteiger charge is 2.25. The highest BCUT2D eigenvalue weighted by atomic mass is 32.2. The number of benzene rings is 2. The molecule has 0 amide bonds. The number of hydrogen-bond donors (Lipinski definition) is 2. The average Bonchev–Trinajstić information content (AvgIpc) is 3.40. The van der Waals surface area contributed by atoms with Crippen LogP contribution in [0.3, 0.4) is 0 Å². The van der Waals surface area contributed by atoms with Crippen molar-refractivity contribution in [1.29, 1.82) is 0 Å². The fraction of sp³-hybridized carbons (Fsp3) is 0.320. The normalized spacial score (nSPS) is 15.2. The number of allylic oxidation sites excluding steroid dienone is 2. The number of anilines is 1. The molecule has 2 heterocycles. The minimum absolute atomic E-state index is 0.268. The highest BCUT2D eigenvalue weighted by molar-refractivity contribution is 8.03. The predicted molar refractivity (Wildman–Crippen MR) is 151 cm³/mol. The average molecular weight is 582 g/mol. The molecule has 37 heavy (non-hydrogen) atoms. The van der Waals surface area contributed by atoms with E-state index in [1.807, 2.05) is 30.3 Å². The molecule has 1 aromatic heterocycles. The van der Waals surface area contributed by atoms with Crippen molar-refractivity contribution in [2.45, 2.75) is 37.6 Å². The third-order valence-corrected chi connectivity index (χ3v) is 9.41. The Morgan fingerprint density at radius 3 is 2.73 bits per heavy atom. The number of thioether (sulfide) groups is 1. The molecule has 0 aliphatic carbocycles. The van der Waals surface area contributed by atoms with Crippen LogP contribution in [0.5, 0.6) is 0 Å². The molecule has 2 aromatic carbocycles. The Morgan fingerprint density at radius 2 is 1.95 bits per heavy atom. The summed E-state index contributed by atoms with van der Waals surface area (Å²) in [5, 5.41) is 14.2. The number of aromatic nitrogens is 1. The van der Waals surface area contributed by atoms with Gasteiger partial charge in [0.15, 0.2) is 6.54 Å². The van der Waals surface area contributed by atoms with Gasteiger partial charge in [0, 0.05) is 47.8 Å². The number of nitrogens with zero attached hydrogens (tertiary/aromatic N) is 2. The van der Waals surface area contributed by atoms with Crippen LogP contribution in [0.25, 0.3) is 16.3 Å². The van der Waals surface area contributed by atoms with Crippen molar-refractivity contribution in [3.8, 4) is 0 Å². The Bertz CT molecular complexity index is 1390. The summed E-state index contributed by atoms with van der Waals surface area (Å²) in [4.78, 5) is 3.26. The van der Waals surface area contributed by atoms with Gasteiger partial charge in [-0.3, -0.25) is 4.55 Å². The SMILES string of the molecule is CCC(=Cc1sc2ccccc2[n+]1CCCSOOO)C=C1Sc2ccccc2N1CCCS(=O)(=O)O. The summed E-state index contributed by atoms with van der Waals surface area (Å²) in [7, 11) is -4.00. The molecule has 1 aliphatic heterocycles. The van der Waals surface area contributed by atoms with E-state index in [0.717, 1.165) is 57.6 Å². The molecule has 4 rings (SSSR count). The second-order valence-corrected chi connectivity index (χ2v) is 12.8. The lowest BCUT2D eigenvalue weighted by molar-refractivity contribution is -0.668. The second-order valence-electron chi connectivity index (χ2n) is 8.29. The molecular weight excluding hydrogens is 553 g/mol. The van der Waals surface area contributed by atoms with Gasteiger partial charge in [0.2, 0.25) is 5.52 Å². The van der Waals surface area contributed by atoms with Gasteiger partial charge in [-0.05, 0) is 42.7 Å². The van der Waals surface area contributed by atoms with Crippen molar-refractivity contribution in [1.82, 2.24) is 0 Å². The molecule has 198 valence electrons.